The van der Waals surface area contributed by atoms with E-state index in [1.165, 1.54) is 52.8 Å². The van der Waals surface area contributed by atoms with Crippen molar-refractivity contribution in [3.05, 3.63) is 84.4 Å². The van der Waals surface area contributed by atoms with Crippen LogP contribution in [-0.4, -0.2) is 0 Å². The van der Waals surface area contributed by atoms with Crippen LogP contribution in [0.15, 0.2) is 83.3 Å². The molecule has 5 aromatic rings. The molecule has 1 aliphatic rings. The Bertz CT molecular complexity index is 1330. The molecule has 0 spiro atoms. The van der Waals surface area contributed by atoms with Crippen LogP contribution in [0.5, 0.6) is 0 Å². The van der Waals surface area contributed by atoms with Gasteiger partial charge in [-0.1, -0.05) is 67.4 Å². The van der Waals surface area contributed by atoms with Gasteiger partial charge in [0.15, 0.2) is 5.58 Å². The van der Waals surface area contributed by atoms with Crippen LogP contribution in [-0.2, 0) is 0 Å². The molecule has 1 aromatic heterocycles. The number of para-hydroxylation sites is 2. The van der Waals surface area contributed by atoms with Crippen LogP contribution < -0.4 is 5.32 Å². The summed E-state index contributed by atoms with van der Waals surface area (Å²) in [4.78, 5) is 0. The summed E-state index contributed by atoms with van der Waals surface area (Å²) >= 11 is 0. The van der Waals surface area contributed by atoms with Crippen molar-refractivity contribution in [3.8, 4) is 0 Å². The maximum atomic E-state index is 6.64. The molecule has 0 amide bonds. The first-order valence-corrected chi connectivity index (χ1v) is 10.6. The van der Waals surface area contributed by atoms with E-state index < -0.39 is 0 Å². The van der Waals surface area contributed by atoms with Crippen LogP contribution in [0.1, 0.15) is 37.2 Å². The minimum Gasteiger partial charge on any atom is -0.454 e. The molecular weight excluding hydrogens is 354 g/mol. The smallest absolute Gasteiger partial charge is 0.158 e. The molecule has 0 atom stereocenters. The molecule has 1 N–H and O–H groups in total. The molecule has 0 saturated heterocycles. The second-order valence-corrected chi connectivity index (χ2v) is 8.15. The summed E-state index contributed by atoms with van der Waals surface area (Å²) in [7, 11) is 0. The first-order chi connectivity index (χ1) is 14.4. The molecular formula is C27H23NO. The zero-order valence-electron chi connectivity index (χ0n) is 16.3. The van der Waals surface area contributed by atoms with Crippen molar-refractivity contribution in [3.63, 3.8) is 0 Å². The zero-order valence-corrected chi connectivity index (χ0v) is 16.3. The van der Waals surface area contributed by atoms with E-state index in [1.807, 2.05) is 18.2 Å². The SMILES string of the molecule is c1ccc(Nc2cccc3c2oc2c(C4CCCC4)cc4ccccc4c23)cc1. The molecule has 4 aromatic carbocycles. The number of hydrogen-bond acceptors (Lipinski definition) is 2. The fraction of sp³-hybridized carbons (Fsp3) is 0.185. The zero-order chi connectivity index (χ0) is 19.2. The van der Waals surface area contributed by atoms with E-state index in [1.54, 1.807) is 0 Å². The predicted octanol–water partition coefficient (Wildman–Crippen LogP) is 8.14. The van der Waals surface area contributed by atoms with E-state index in [9.17, 15) is 0 Å². The maximum absolute atomic E-state index is 6.64. The van der Waals surface area contributed by atoms with E-state index >= 15 is 0 Å². The summed E-state index contributed by atoms with van der Waals surface area (Å²) in [6, 6.07) is 27.8. The van der Waals surface area contributed by atoms with Crippen molar-refractivity contribution in [1.82, 2.24) is 0 Å². The maximum Gasteiger partial charge on any atom is 0.158 e. The molecule has 0 bridgehead atoms. The molecule has 6 rings (SSSR count). The fourth-order valence-corrected chi connectivity index (χ4v) is 4.99. The lowest BCUT2D eigenvalue weighted by molar-refractivity contribution is 0.644. The number of furan rings is 1. The predicted molar refractivity (Wildman–Crippen MR) is 122 cm³/mol. The summed E-state index contributed by atoms with van der Waals surface area (Å²) in [5.41, 5.74) is 5.50. The minimum absolute atomic E-state index is 0.605. The van der Waals surface area contributed by atoms with Crippen LogP contribution in [0, 0.1) is 0 Å². The highest BCUT2D eigenvalue weighted by atomic mass is 16.3. The van der Waals surface area contributed by atoms with Crippen molar-refractivity contribution >= 4 is 44.1 Å². The Morgan fingerprint density at radius 2 is 1.48 bits per heavy atom. The highest BCUT2D eigenvalue weighted by Crippen LogP contribution is 2.45. The Morgan fingerprint density at radius 3 is 2.34 bits per heavy atom. The lowest BCUT2D eigenvalue weighted by Gasteiger charge is -2.12. The molecule has 2 nitrogen and oxygen atoms in total. The summed E-state index contributed by atoms with van der Waals surface area (Å²) < 4.78 is 6.64. The molecule has 2 heteroatoms. The number of hydrogen-bond donors (Lipinski definition) is 1. The Kier molecular flexibility index (Phi) is 3.83. The molecule has 0 unspecified atom stereocenters. The van der Waals surface area contributed by atoms with Crippen molar-refractivity contribution in [2.45, 2.75) is 31.6 Å². The molecule has 0 radical (unpaired) electrons. The summed E-state index contributed by atoms with van der Waals surface area (Å²) in [5, 5.41) is 8.59. The topological polar surface area (TPSA) is 25.2 Å². The Labute approximate surface area is 170 Å². The Hall–Kier alpha value is -3.26. The first-order valence-electron chi connectivity index (χ1n) is 10.6. The van der Waals surface area contributed by atoms with Gasteiger partial charge in [-0.15, -0.1) is 0 Å². The highest BCUT2D eigenvalue weighted by Gasteiger charge is 2.24. The molecule has 1 aliphatic carbocycles. The fourth-order valence-electron chi connectivity index (χ4n) is 4.99. The van der Waals surface area contributed by atoms with Gasteiger partial charge in [0.05, 0.1) is 5.69 Å². The normalized spacial score (nSPS) is 14.9. The van der Waals surface area contributed by atoms with Gasteiger partial charge in [0.25, 0.3) is 0 Å². The van der Waals surface area contributed by atoms with Gasteiger partial charge in [-0.05, 0) is 59.4 Å². The van der Waals surface area contributed by atoms with Crippen molar-refractivity contribution in [1.29, 1.82) is 0 Å². The third kappa shape index (κ3) is 2.71. The summed E-state index contributed by atoms with van der Waals surface area (Å²) in [5.74, 6) is 0.605. The van der Waals surface area contributed by atoms with E-state index in [0.717, 1.165) is 22.5 Å². The average Bonchev–Trinajstić information content (AvgIpc) is 3.43. The van der Waals surface area contributed by atoms with Crippen LogP contribution >= 0.6 is 0 Å². The van der Waals surface area contributed by atoms with E-state index in [4.69, 9.17) is 4.42 Å². The number of anilines is 2. The number of rotatable bonds is 3. The van der Waals surface area contributed by atoms with Gasteiger partial charge in [0, 0.05) is 16.5 Å². The van der Waals surface area contributed by atoms with Crippen molar-refractivity contribution in [2.24, 2.45) is 0 Å². The quantitative estimate of drug-likeness (QED) is 0.343. The highest BCUT2D eigenvalue weighted by molar-refractivity contribution is 6.21. The van der Waals surface area contributed by atoms with Gasteiger partial charge in [-0.25, -0.2) is 0 Å². The molecule has 1 fully saturated rings. The van der Waals surface area contributed by atoms with Crippen molar-refractivity contribution < 1.29 is 4.42 Å². The van der Waals surface area contributed by atoms with Crippen LogP contribution in [0.3, 0.4) is 0 Å². The lowest BCUT2D eigenvalue weighted by Crippen LogP contribution is -1.93. The van der Waals surface area contributed by atoms with Gasteiger partial charge in [0.2, 0.25) is 0 Å². The lowest BCUT2D eigenvalue weighted by atomic mass is 9.92. The largest absolute Gasteiger partial charge is 0.454 e. The molecule has 142 valence electrons. The number of nitrogens with one attached hydrogen (secondary N) is 1. The number of fused-ring (bicyclic) bond motifs is 5. The Morgan fingerprint density at radius 1 is 0.724 bits per heavy atom. The van der Waals surface area contributed by atoms with Crippen LogP contribution in [0.25, 0.3) is 32.7 Å². The third-order valence-corrected chi connectivity index (χ3v) is 6.37. The molecule has 1 heterocycles. The number of benzene rings is 4. The molecule has 0 aliphatic heterocycles. The Balaban J connectivity index is 1.66. The average molecular weight is 377 g/mol. The standard InChI is InChI=1S/C27H23NO/c1-2-12-20(13-3-1)28-24-16-8-15-22-25-21-14-7-6-11-19(21)17-23(18-9-4-5-10-18)27(25)29-26(22)24/h1-3,6-8,11-18,28H,4-5,9-10H2. The van der Waals surface area contributed by atoms with Crippen LogP contribution in [0.4, 0.5) is 11.4 Å². The van der Waals surface area contributed by atoms with E-state index in [0.29, 0.717) is 5.92 Å². The van der Waals surface area contributed by atoms with Crippen molar-refractivity contribution in [2.75, 3.05) is 5.32 Å². The van der Waals surface area contributed by atoms with Gasteiger partial charge in [-0.3, -0.25) is 0 Å². The molecule has 29 heavy (non-hydrogen) atoms. The van der Waals surface area contributed by atoms with Gasteiger partial charge < -0.3 is 9.73 Å². The van der Waals surface area contributed by atoms with Gasteiger partial charge >= 0.3 is 0 Å². The second kappa shape index (κ2) is 6.66. The first kappa shape index (κ1) is 16.7. The minimum atomic E-state index is 0.605. The summed E-state index contributed by atoms with van der Waals surface area (Å²) in [6.07, 6.45) is 5.17. The van der Waals surface area contributed by atoms with Gasteiger partial charge in [-0.2, -0.15) is 0 Å². The molecule has 1 saturated carbocycles. The van der Waals surface area contributed by atoms with E-state index in [2.05, 4.69) is 66.0 Å². The summed E-state index contributed by atoms with van der Waals surface area (Å²) in [6.45, 7) is 0. The monoisotopic (exact) mass is 377 g/mol. The second-order valence-electron chi connectivity index (χ2n) is 8.15. The third-order valence-electron chi connectivity index (χ3n) is 6.37. The van der Waals surface area contributed by atoms with E-state index in [-0.39, 0.29) is 0 Å². The van der Waals surface area contributed by atoms with Gasteiger partial charge in [0.1, 0.15) is 5.58 Å². The van der Waals surface area contributed by atoms with Crippen LogP contribution in [0.2, 0.25) is 0 Å².